The Morgan fingerprint density at radius 1 is 1.29 bits per heavy atom. The van der Waals surface area contributed by atoms with Gasteiger partial charge in [0.1, 0.15) is 4.90 Å². The molecule has 0 amide bonds. The molecule has 0 aliphatic rings. The fourth-order valence-electron chi connectivity index (χ4n) is 1.39. The molecule has 4 N–H and O–H groups in total. The van der Waals surface area contributed by atoms with Gasteiger partial charge in [0.15, 0.2) is 0 Å². The number of nitrogens with one attached hydrogen (secondary N) is 1. The molecular weight excluding hydrogens is 322 g/mol. The molecule has 0 saturated heterocycles. The minimum Gasteiger partial charge on any atom is -0.481 e. The smallest absolute Gasteiger partial charge is 0.304 e. The zero-order valence-electron chi connectivity index (χ0n) is 11.1. The highest BCUT2D eigenvalue weighted by molar-refractivity contribution is 7.91. The molecule has 0 heterocycles. The number of rotatable bonds is 7. The molecule has 0 unspecified atom stereocenters. The molecule has 0 radical (unpaired) electrons. The highest BCUT2D eigenvalue weighted by atomic mass is 32.2. The fourth-order valence-corrected chi connectivity index (χ4v) is 3.09. The highest BCUT2D eigenvalue weighted by Crippen LogP contribution is 2.21. The first-order chi connectivity index (χ1) is 9.54. The number of carboxylic acid groups (broad SMARTS) is 1. The predicted molar refractivity (Wildman–Crippen MR) is 75.2 cm³/mol. The summed E-state index contributed by atoms with van der Waals surface area (Å²) in [5.74, 6) is -1.15. The number of para-hydroxylation sites is 1. The third-order valence-electron chi connectivity index (χ3n) is 2.48. The highest BCUT2D eigenvalue weighted by Gasteiger charge is 2.22. The van der Waals surface area contributed by atoms with Crippen molar-refractivity contribution in [1.82, 2.24) is 4.31 Å². The molecule has 0 fully saturated rings. The summed E-state index contributed by atoms with van der Waals surface area (Å²) in [7, 11) is -7.02. The number of anilines is 1. The largest absolute Gasteiger partial charge is 0.481 e. The molecule has 11 heteroatoms. The first kappa shape index (κ1) is 17.4. The van der Waals surface area contributed by atoms with Crippen molar-refractivity contribution in [1.29, 1.82) is 0 Å². The Hall–Kier alpha value is -1.69. The predicted octanol–water partition coefficient (Wildman–Crippen LogP) is -0.603. The van der Waals surface area contributed by atoms with Crippen LogP contribution >= 0.6 is 0 Å². The van der Waals surface area contributed by atoms with Crippen molar-refractivity contribution in [3.8, 4) is 0 Å². The van der Waals surface area contributed by atoms with Gasteiger partial charge < -0.3 is 5.11 Å². The Morgan fingerprint density at radius 2 is 1.86 bits per heavy atom. The monoisotopic (exact) mass is 337 g/mol. The van der Waals surface area contributed by atoms with Crippen LogP contribution in [0.4, 0.5) is 5.69 Å². The molecule has 0 aromatic heterocycles. The second kappa shape index (κ2) is 6.39. The van der Waals surface area contributed by atoms with E-state index in [2.05, 4.69) is 4.72 Å². The molecule has 1 rings (SSSR count). The average Bonchev–Trinajstić information content (AvgIpc) is 2.34. The number of hydrogen-bond acceptors (Lipinski definition) is 5. The zero-order chi connectivity index (χ0) is 16.3. The van der Waals surface area contributed by atoms with Crippen LogP contribution in [-0.2, 0) is 25.0 Å². The van der Waals surface area contributed by atoms with E-state index in [1.54, 1.807) is 0 Å². The minimum atomic E-state index is -4.10. The summed E-state index contributed by atoms with van der Waals surface area (Å²) in [5.41, 5.74) is -0.206. The Kier molecular flexibility index (Phi) is 5.28. The SMILES string of the molecule is CN(CCC(=O)O)S(=O)(=O)Nc1ccccc1S(N)(=O)=O. The lowest BCUT2D eigenvalue weighted by molar-refractivity contribution is -0.137. The van der Waals surface area contributed by atoms with E-state index in [0.717, 1.165) is 10.4 Å². The topological polar surface area (TPSA) is 147 Å². The fraction of sp³-hybridized carbons (Fsp3) is 0.300. The van der Waals surface area contributed by atoms with Gasteiger partial charge >= 0.3 is 16.2 Å². The van der Waals surface area contributed by atoms with Crippen molar-refractivity contribution in [2.45, 2.75) is 11.3 Å². The first-order valence-corrected chi connectivity index (χ1v) is 8.60. The number of nitrogens with two attached hydrogens (primary N) is 1. The zero-order valence-corrected chi connectivity index (χ0v) is 12.7. The van der Waals surface area contributed by atoms with Crippen molar-refractivity contribution in [3.63, 3.8) is 0 Å². The van der Waals surface area contributed by atoms with Gasteiger partial charge in [-0.05, 0) is 12.1 Å². The summed E-state index contributed by atoms with van der Waals surface area (Å²) in [4.78, 5) is 10.1. The van der Waals surface area contributed by atoms with Crippen molar-refractivity contribution in [3.05, 3.63) is 24.3 Å². The number of carboxylic acids is 1. The Balaban J connectivity index is 3.03. The van der Waals surface area contributed by atoms with Gasteiger partial charge in [-0.2, -0.15) is 12.7 Å². The van der Waals surface area contributed by atoms with Crippen molar-refractivity contribution < 1.29 is 26.7 Å². The summed E-state index contributed by atoms with van der Waals surface area (Å²) in [6.07, 6.45) is -0.381. The van der Waals surface area contributed by atoms with Crippen molar-refractivity contribution >= 4 is 31.9 Å². The summed E-state index contributed by atoms with van der Waals surface area (Å²) >= 11 is 0. The Morgan fingerprint density at radius 3 is 2.38 bits per heavy atom. The van der Waals surface area contributed by atoms with Gasteiger partial charge in [0.25, 0.3) is 0 Å². The summed E-state index contributed by atoms with van der Waals surface area (Å²) < 4.78 is 49.5. The maximum atomic E-state index is 12.0. The van der Waals surface area contributed by atoms with Crippen LogP contribution in [0.1, 0.15) is 6.42 Å². The molecule has 0 aliphatic carbocycles. The van der Waals surface area contributed by atoms with E-state index in [1.165, 1.54) is 25.2 Å². The van der Waals surface area contributed by atoms with Crippen LogP contribution in [0.5, 0.6) is 0 Å². The van der Waals surface area contributed by atoms with Crippen LogP contribution in [0, 0.1) is 0 Å². The van der Waals surface area contributed by atoms with E-state index in [4.69, 9.17) is 10.2 Å². The van der Waals surface area contributed by atoms with E-state index >= 15 is 0 Å². The van der Waals surface area contributed by atoms with E-state index in [-0.39, 0.29) is 23.5 Å². The molecule has 1 aromatic rings. The van der Waals surface area contributed by atoms with E-state index in [9.17, 15) is 21.6 Å². The van der Waals surface area contributed by atoms with Crippen LogP contribution in [0.2, 0.25) is 0 Å². The second-order valence-electron chi connectivity index (χ2n) is 4.11. The molecule has 118 valence electrons. The molecular formula is C10H15N3O6S2. The first-order valence-electron chi connectivity index (χ1n) is 5.62. The lowest BCUT2D eigenvalue weighted by Gasteiger charge is -2.18. The quantitative estimate of drug-likeness (QED) is 0.605. The number of primary sulfonamides is 1. The lowest BCUT2D eigenvalue weighted by atomic mass is 10.3. The number of nitrogens with zero attached hydrogens (tertiary/aromatic N) is 1. The van der Waals surface area contributed by atoms with E-state index in [0.29, 0.717) is 0 Å². The Bertz CT molecular complexity index is 729. The van der Waals surface area contributed by atoms with Gasteiger partial charge in [0.2, 0.25) is 10.0 Å². The number of carbonyl (C=O) groups is 1. The maximum absolute atomic E-state index is 12.0. The average molecular weight is 337 g/mol. The number of hydrogen-bond donors (Lipinski definition) is 3. The number of benzene rings is 1. The van der Waals surface area contributed by atoms with Crippen molar-refractivity contribution in [2.24, 2.45) is 5.14 Å². The summed E-state index contributed by atoms with van der Waals surface area (Å²) in [6, 6.07) is 5.22. The third-order valence-corrected chi connectivity index (χ3v) is 4.93. The second-order valence-corrected chi connectivity index (χ2v) is 7.42. The van der Waals surface area contributed by atoms with Gasteiger partial charge in [0.05, 0.1) is 12.1 Å². The van der Waals surface area contributed by atoms with Crippen LogP contribution in [-0.4, -0.2) is 45.8 Å². The summed E-state index contributed by atoms with van der Waals surface area (Å²) in [6.45, 7) is -0.262. The van der Waals surface area contributed by atoms with Crippen molar-refractivity contribution in [2.75, 3.05) is 18.3 Å². The summed E-state index contributed by atoms with van der Waals surface area (Å²) in [5, 5.41) is 13.5. The Labute approximate surface area is 122 Å². The molecule has 0 aliphatic heterocycles. The number of aliphatic carboxylic acids is 1. The lowest BCUT2D eigenvalue weighted by Crippen LogP contribution is -2.34. The molecule has 0 spiro atoms. The standard InChI is InChI=1S/C10H15N3O6S2/c1-13(7-6-10(14)15)21(18,19)12-8-4-2-3-5-9(8)20(11,16)17/h2-5,12H,6-7H2,1H3,(H,14,15)(H2,11,16,17). The number of sulfonamides is 1. The molecule has 0 atom stereocenters. The van der Waals surface area contributed by atoms with Gasteiger partial charge in [0, 0.05) is 13.6 Å². The van der Waals surface area contributed by atoms with Crippen LogP contribution in [0.3, 0.4) is 0 Å². The van der Waals surface area contributed by atoms with E-state index < -0.39 is 26.2 Å². The molecule has 9 nitrogen and oxygen atoms in total. The molecule has 21 heavy (non-hydrogen) atoms. The maximum Gasteiger partial charge on any atom is 0.304 e. The molecule has 0 bridgehead atoms. The van der Waals surface area contributed by atoms with Gasteiger partial charge in [-0.15, -0.1) is 0 Å². The van der Waals surface area contributed by atoms with Gasteiger partial charge in [-0.25, -0.2) is 13.6 Å². The normalized spacial score (nSPS) is 12.3. The minimum absolute atomic E-state index is 0.206. The van der Waals surface area contributed by atoms with Crippen LogP contribution in [0.25, 0.3) is 0 Å². The van der Waals surface area contributed by atoms with Crippen LogP contribution < -0.4 is 9.86 Å². The van der Waals surface area contributed by atoms with Gasteiger partial charge in [-0.3, -0.25) is 9.52 Å². The van der Waals surface area contributed by atoms with Gasteiger partial charge in [-0.1, -0.05) is 12.1 Å². The molecule has 0 saturated carbocycles. The molecule has 1 aromatic carbocycles. The third kappa shape index (κ3) is 4.97. The van der Waals surface area contributed by atoms with Crippen LogP contribution in [0.15, 0.2) is 29.2 Å². The van der Waals surface area contributed by atoms with E-state index in [1.807, 2.05) is 0 Å².